The minimum absolute atomic E-state index is 0.189. The molecule has 156 valence electrons. The first-order valence-corrected chi connectivity index (χ1v) is 10.1. The average molecular weight is 441 g/mol. The lowest BCUT2D eigenvalue weighted by Gasteiger charge is -2.11. The summed E-state index contributed by atoms with van der Waals surface area (Å²) in [5.74, 6) is -0.0960. The molecule has 30 heavy (non-hydrogen) atoms. The SMILES string of the molecule is CC(=O)NC(=S)Nc1ccc(NC(=S)NC(=O)C=Cc2ccc(C(C)C)cc2)cc1. The highest BCUT2D eigenvalue weighted by atomic mass is 32.1. The van der Waals surface area contributed by atoms with E-state index in [4.69, 9.17) is 24.4 Å². The lowest BCUT2D eigenvalue weighted by atomic mass is 10.0. The number of carbonyl (C=O) groups excluding carboxylic acids is 2. The molecule has 0 aliphatic carbocycles. The van der Waals surface area contributed by atoms with Gasteiger partial charge >= 0.3 is 0 Å². The van der Waals surface area contributed by atoms with E-state index < -0.39 is 0 Å². The lowest BCUT2D eigenvalue weighted by Crippen LogP contribution is -2.33. The van der Waals surface area contributed by atoms with Crippen molar-refractivity contribution in [1.82, 2.24) is 10.6 Å². The van der Waals surface area contributed by atoms with E-state index in [-0.39, 0.29) is 22.0 Å². The number of thiocarbonyl (C=S) groups is 2. The Hall–Kier alpha value is -3.10. The molecule has 0 heterocycles. The normalized spacial score (nSPS) is 10.5. The Morgan fingerprint density at radius 3 is 1.80 bits per heavy atom. The summed E-state index contributed by atoms with van der Waals surface area (Å²) in [7, 11) is 0. The Bertz CT molecular complexity index is 952. The standard InChI is InChI=1S/C22H24N4O2S2/c1-14(2)17-7-4-16(5-8-17)6-13-20(28)26-22(30)25-19-11-9-18(10-12-19)24-21(29)23-15(3)27/h4-14H,1-3H3,(H2,23,24,27,29)(H2,25,26,28,30). The second-order valence-corrected chi connectivity index (χ2v) is 7.63. The summed E-state index contributed by atoms with van der Waals surface area (Å²) in [6, 6.07) is 15.1. The number of rotatable bonds is 5. The van der Waals surface area contributed by atoms with Gasteiger partial charge in [0.05, 0.1) is 0 Å². The van der Waals surface area contributed by atoms with Crippen molar-refractivity contribution in [2.24, 2.45) is 0 Å². The molecule has 2 aromatic rings. The highest BCUT2D eigenvalue weighted by Crippen LogP contribution is 2.15. The Kier molecular flexibility index (Phi) is 8.64. The zero-order valence-electron chi connectivity index (χ0n) is 17.0. The average Bonchev–Trinajstić information content (AvgIpc) is 2.67. The van der Waals surface area contributed by atoms with Gasteiger partial charge in [0.25, 0.3) is 0 Å². The molecule has 8 heteroatoms. The molecule has 0 atom stereocenters. The molecule has 0 unspecified atom stereocenters. The zero-order chi connectivity index (χ0) is 22.1. The second kappa shape index (κ2) is 11.2. The molecule has 6 nitrogen and oxygen atoms in total. The Labute approximate surface area is 187 Å². The molecule has 0 bridgehead atoms. The number of hydrogen-bond acceptors (Lipinski definition) is 4. The highest BCUT2D eigenvalue weighted by Gasteiger charge is 2.04. The van der Waals surface area contributed by atoms with E-state index in [0.717, 1.165) is 5.56 Å². The van der Waals surface area contributed by atoms with Crippen LogP contribution < -0.4 is 21.3 Å². The van der Waals surface area contributed by atoms with Gasteiger partial charge in [-0.15, -0.1) is 0 Å². The Morgan fingerprint density at radius 1 is 0.833 bits per heavy atom. The number of benzene rings is 2. The molecule has 0 saturated carbocycles. The third kappa shape index (κ3) is 8.10. The van der Waals surface area contributed by atoms with Gasteiger partial charge in [-0.05, 0) is 71.8 Å². The number of nitrogens with one attached hydrogen (secondary N) is 4. The van der Waals surface area contributed by atoms with Crippen LogP contribution in [0.5, 0.6) is 0 Å². The van der Waals surface area contributed by atoms with Gasteiger partial charge in [-0.25, -0.2) is 0 Å². The first-order valence-electron chi connectivity index (χ1n) is 9.31. The van der Waals surface area contributed by atoms with Gasteiger partial charge in [0.2, 0.25) is 11.8 Å². The van der Waals surface area contributed by atoms with Crippen LogP contribution in [0.25, 0.3) is 6.08 Å². The molecule has 0 radical (unpaired) electrons. The van der Waals surface area contributed by atoms with Gasteiger partial charge in [-0.1, -0.05) is 38.1 Å². The molecule has 2 rings (SSSR count). The van der Waals surface area contributed by atoms with Gasteiger partial charge in [0.1, 0.15) is 0 Å². The van der Waals surface area contributed by atoms with Crippen LogP contribution in [0.2, 0.25) is 0 Å². The highest BCUT2D eigenvalue weighted by molar-refractivity contribution is 7.80. The summed E-state index contributed by atoms with van der Waals surface area (Å²) in [5, 5.41) is 11.3. The van der Waals surface area contributed by atoms with Gasteiger partial charge in [-0.2, -0.15) is 0 Å². The van der Waals surface area contributed by atoms with Crippen molar-refractivity contribution in [2.75, 3.05) is 10.6 Å². The summed E-state index contributed by atoms with van der Waals surface area (Å²) in [4.78, 5) is 23.0. The second-order valence-electron chi connectivity index (χ2n) is 6.81. The Balaban J connectivity index is 1.83. The van der Waals surface area contributed by atoms with E-state index >= 15 is 0 Å². The van der Waals surface area contributed by atoms with Crippen LogP contribution in [0.15, 0.2) is 54.6 Å². The van der Waals surface area contributed by atoms with Crippen molar-refractivity contribution in [2.45, 2.75) is 26.7 Å². The predicted octanol–water partition coefficient (Wildman–Crippen LogP) is 4.17. The number of hydrogen-bond donors (Lipinski definition) is 4. The van der Waals surface area contributed by atoms with E-state index in [1.165, 1.54) is 18.6 Å². The van der Waals surface area contributed by atoms with Crippen molar-refractivity contribution in [3.05, 3.63) is 65.7 Å². The summed E-state index contributed by atoms with van der Waals surface area (Å²) in [6.07, 6.45) is 3.18. The van der Waals surface area contributed by atoms with Crippen LogP contribution in [0.1, 0.15) is 37.8 Å². The number of carbonyl (C=O) groups is 2. The summed E-state index contributed by atoms with van der Waals surface area (Å²) < 4.78 is 0. The Morgan fingerprint density at radius 2 is 1.33 bits per heavy atom. The fourth-order valence-corrected chi connectivity index (χ4v) is 2.92. The minimum Gasteiger partial charge on any atom is -0.332 e. The van der Waals surface area contributed by atoms with Crippen molar-refractivity contribution < 1.29 is 9.59 Å². The van der Waals surface area contributed by atoms with Gasteiger partial charge in [-0.3, -0.25) is 14.9 Å². The summed E-state index contributed by atoms with van der Waals surface area (Å²) >= 11 is 10.2. The fraction of sp³-hybridized carbons (Fsp3) is 0.182. The van der Waals surface area contributed by atoms with Crippen LogP contribution in [0.4, 0.5) is 11.4 Å². The first-order chi connectivity index (χ1) is 14.2. The summed E-state index contributed by atoms with van der Waals surface area (Å²) in [6.45, 7) is 5.65. The maximum Gasteiger partial charge on any atom is 0.250 e. The monoisotopic (exact) mass is 440 g/mol. The smallest absolute Gasteiger partial charge is 0.250 e. The van der Waals surface area contributed by atoms with Crippen molar-refractivity contribution in [3.8, 4) is 0 Å². The molecular weight excluding hydrogens is 416 g/mol. The largest absolute Gasteiger partial charge is 0.332 e. The minimum atomic E-state index is -0.320. The number of anilines is 2. The molecule has 2 aromatic carbocycles. The molecule has 2 amide bonds. The number of amides is 2. The van der Waals surface area contributed by atoms with Crippen LogP contribution in [0.3, 0.4) is 0 Å². The van der Waals surface area contributed by atoms with Gasteiger partial charge in [0, 0.05) is 24.4 Å². The molecule has 4 N–H and O–H groups in total. The maximum atomic E-state index is 12.1. The van der Waals surface area contributed by atoms with Crippen LogP contribution in [-0.2, 0) is 9.59 Å². The van der Waals surface area contributed by atoms with E-state index in [1.807, 2.05) is 12.1 Å². The molecule has 0 aliphatic rings. The third-order valence-electron chi connectivity index (χ3n) is 3.96. The van der Waals surface area contributed by atoms with E-state index in [0.29, 0.717) is 17.3 Å². The van der Waals surface area contributed by atoms with Crippen LogP contribution in [0, 0.1) is 0 Å². The molecule has 0 aliphatic heterocycles. The van der Waals surface area contributed by atoms with Crippen molar-refractivity contribution in [3.63, 3.8) is 0 Å². The fourth-order valence-electron chi connectivity index (χ4n) is 2.44. The maximum absolute atomic E-state index is 12.1. The third-order valence-corrected chi connectivity index (χ3v) is 4.37. The van der Waals surface area contributed by atoms with Crippen molar-refractivity contribution in [1.29, 1.82) is 0 Å². The first kappa shape index (κ1) is 23.2. The van der Waals surface area contributed by atoms with E-state index in [2.05, 4.69) is 47.2 Å². The van der Waals surface area contributed by atoms with Crippen LogP contribution >= 0.6 is 24.4 Å². The molecule has 0 fully saturated rings. The van der Waals surface area contributed by atoms with Crippen LogP contribution in [-0.4, -0.2) is 22.0 Å². The molecule has 0 aromatic heterocycles. The lowest BCUT2D eigenvalue weighted by molar-refractivity contribution is -0.117. The quantitative estimate of drug-likeness (QED) is 0.413. The van der Waals surface area contributed by atoms with Crippen molar-refractivity contribution >= 4 is 63.9 Å². The molecule has 0 saturated heterocycles. The predicted molar refractivity (Wildman–Crippen MR) is 130 cm³/mol. The van der Waals surface area contributed by atoms with Gasteiger partial charge < -0.3 is 16.0 Å². The molecular formula is C22H24N4O2S2. The molecule has 0 spiro atoms. The van der Waals surface area contributed by atoms with E-state index in [9.17, 15) is 9.59 Å². The summed E-state index contributed by atoms with van der Waals surface area (Å²) in [5.41, 5.74) is 3.60. The van der Waals surface area contributed by atoms with E-state index in [1.54, 1.807) is 30.3 Å². The van der Waals surface area contributed by atoms with Gasteiger partial charge in [0.15, 0.2) is 10.2 Å². The topological polar surface area (TPSA) is 82.3 Å². The zero-order valence-corrected chi connectivity index (χ0v) is 18.6.